The van der Waals surface area contributed by atoms with Crippen molar-refractivity contribution in [1.82, 2.24) is 4.98 Å². The maximum absolute atomic E-state index is 6.53. The molecule has 52 heavy (non-hydrogen) atoms. The standard InChI is InChI=1S/C50H31NO/c1-2-10-31(11-3-1)49-51-46-25-22-30-18-19-36-26-34(20-23-37(36)47(30)48(46)52-49)35-21-24-40-41-27-32-12-4-5-13-33(32)28-45(41)50(44(40)29-35)42-16-8-6-14-38(42)39-15-7-9-17-43(39)50/h1-29,36-37H. The third kappa shape index (κ3) is 3.66. The molecule has 1 spiro atoms. The lowest BCUT2D eigenvalue weighted by Crippen LogP contribution is -2.26. The number of fused-ring (bicyclic) bond motifs is 16. The predicted molar refractivity (Wildman–Crippen MR) is 212 cm³/mol. The van der Waals surface area contributed by atoms with E-state index in [1.165, 1.54) is 77.5 Å². The summed E-state index contributed by atoms with van der Waals surface area (Å²) in [5.41, 5.74) is 18.1. The minimum atomic E-state index is -0.391. The second-order valence-corrected chi connectivity index (χ2v) is 14.6. The topological polar surface area (TPSA) is 26.0 Å². The van der Waals surface area contributed by atoms with Gasteiger partial charge in [0.05, 0.1) is 5.41 Å². The fraction of sp³-hybridized carbons (Fsp3) is 0.0600. The van der Waals surface area contributed by atoms with Crippen LogP contribution < -0.4 is 0 Å². The summed E-state index contributed by atoms with van der Waals surface area (Å²) in [6, 6.07) is 53.5. The molecule has 242 valence electrons. The van der Waals surface area contributed by atoms with Crippen molar-refractivity contribution in [3.05, 3.63) is 209 Å². The molecule has 2 nitrogen and oxygen atoms in total. The molecule has 4 aliphatic carbocycles. The Kier molecular flexibility index (Phi) is 5.58. The fourth-order valence-corrected chi connectivity index (χ4v) is 9.80. The van der Waals surface area contributed by atoms with Gasteiger partial charge in [0.2, 0.25) is 5.89 Å². The Bertz CT molecular complexity index is 2870. The van der Waals surface area contributed by atoms with Gasteiger partial charge in [0.1, 0.15) is 5.52 Å². The number of rotatable bonds is 2. The molecule has 0 radical (unpaired) electrons. The van der Waals surface area contributed by atoms with Crippen LogP contribution >= 0.6 is 0 Å². The van der Waals surface area contributed by atoms with Crippen molar-refractivity contribution in [3.8, 4) is 33.7 Å². The molecule has 2 atom stereocenters. The summed E-state index contributed by atoms with van der Waals surface area (Å²) in [5, 5.41) is 2.55. The van der Waals surface area contributed by atoms with Crippen LogP contribution in [0.2, 0.25) is 0 Å². The van der Waals surface area contributed by atoms with Crippen LogP contribution in [0.1, 0.15) is 44.9 Å². The number of aromatic nitrogens is 1. The molecule has 12 rings (SSSR count). The number of allylic oxidation sites excluding steroid dienone is 5. The number of hydrogen-bond acceptors (Lipinski definition) is 2. The highest BCUT2D eigenvalue weighted by Crippen LogP contribution is 2.63. The van der Waals surface area contributed by atoms with E-state index in [1.807, 2.05) is 18.2 Å². The smallest absolute Gasteiger partial charge is 0.227 e. The van der Waals surface area contributed by atoms with Crippen LogP contribution in [-0.2, 0) is 5.41 Å². The Hall–Kier alpha value is -6.51. The first-order valence-corrected chi connectivity index (χ1v) is 18.2. The molecule has 0 fully saturated rings. The Labute approximate surface area is 301 Å². The largest absolute Gasteiger partial charge is 0.436 e. The molecule has 8 aromatic rings. The maximum Gasteiger partial charge on any atom is 0.227 e. The SMILES string of the molecule is C1=CC2c3c(ccc4nc(-c5ccccc5)oc34)C=CC2C=C1c1ccc2c(c1)C1(c3ccccc3-c3ccccc31)c1cc3ccccc3cc1-2. The third-order valence-corrected chi connectivity index (χ3v) is 12.0. The third-order valence-electron chi connectivity index (χ3n) is 12.0. The van der Waals surface area contributed by atoms with E-state index in [9.17, 15) is 0 Å². The lowest BCUT2D eigenvalue weighted by Gasteiger charge is -2.31. The Balaban J connectivity index is 1.02. The van der Waals surface area contributed by atoms with E-state index < -0.39 is 5.41 Å². The summed E-state index contributed by atoms with van der Waals surface area (Å²) in [7, 11) is 0. The molecule has 0 aliphatic heterocycles. The first kappa shape index (κ1) is 28.2. The zero-order valence-electron chi connectivity index (χ0n) is 28.3. The first-order valence-electron chi connectivity index (χ1n) is 18.2. The van der Waals surface area contributed by atoms with Gasteiger partial charge in [0, 0.05) is 23.0 Å². The van der Waals surface area contributed by atoms with Crippen molar-refractivity contribution >= 4 is 33.5 Å². The quantitative estimate of drug-likeness (QED) is 0.184. The van der Waals surface area contributed by atoms with E-state index in [0.717, 1.165) is 16.7 Å². The second-order valence-electron chi connectivity index (χ2n) is 14.6. The van der Waals surface area contributed by atoms with Gasteiger partial charge in [-0.05, 0) is 108 Å². The highest BCUT2D eigenvalue weighted by Gasteiger charge is 2.51. The summed E-state index contributed by atoms with van der Waals surface area (Å²) in [6.07, 6.45) is 11.8. The van der Waals surface area contributed by atoms with E-state index in [0.29, 0.717) is 5.89 Å². The Morgan fingerprint density at radius 2 is 1.21 bits per heavy atom. The molecule has 2 unspecified atom stereocenters. The first-order chi connectivity index (χ1) is 25.8. The minimum absolute atomic E-state index is 0.176. The van der Waals surface area contributed by atoms with Crippen molar-refractivity contribution in [2.45, 2.75) is 11.3 Å². The van der Waals surface area contributed by atoms with E-state index in [4.69, 9.17) is 9.40 Å². The van der Waals surface area contributed by atoms with E-state index >= 15 is 0 Å². The molecule has 0 saturated heterocycles. The summed E-state index contributed by atoms with van der Waals surface area (Å²) in [4.78, 5) is 4.90. The van der Waals surface area contributed by atoms with Gasteiger partial charge in [-0.1, -0.05) is 140 Å². The van der Waals surface area contributed by atoms with E-state index in [1.54, 1.807) is 0 Å². The second kappa shape index (κ2) is 10.3. The van der Waals surface area contributed by atoms with Crippen LogP contribution in [0.15, 0.2) is 174 Å². The van der Waals surface area contributed by atoms with Crippen molar-refractivity contribution in [1.29, 1.82) is 0 Å². The molecule has 0 saturated carbocycles. The predicted octanol–water partition coefficient (Wildman–Crippen LogP) is 12.4. The van der Waals surface area contributed by atoms with Crippen molar-refractivity contribution in [2.24, 2.45) is 5.92 Å². The molecule has 2 heteroatoms. The maximum atomic E-state index is 6.53. The average Bonchev–Trinajstić information content (AvgIpc) is 3.87. The summed E-state index contributed by atoms with van der Waals surface area (Å²) in [5.74, 6) is 1.05. The molecule has 7 aromatic carbocycles. The van der Waals surface area contributed by atoms with Crippen molar-refractivity contribution < 1.29 is 4.42 Å². The zero-order valence-corrected chi connectivity index (χ0v) is 28.3. The normalized spacial score (nSPS) is 18.1. The van der Waals surface area contributed by atoms with E-state index in [2.05, 4.69) is 158 Å². The summed E-state index contributed by atoms with van der Waals surface area (Å²) in [6.45, 7) is 0. The van der Waals surface area contributed by atoms with Gasteiger partial charge in [0.25, 0.3) is 0 Å². The number of benzene rings is 7. The van der Waals surface area contributed by atoms with Gasteiger partial charge in [-0.15, -0.1) is 0 Å². The molecule has 1 heterocycles. The van der Waals surface area contributed by atoms with Gasteiger partial charge < -0.3 is 4.42 Å². The molecule has 0 bridgehead atoms. The molecule has 1 aromatic heterocycles. The van der Waals surface area contributed by atoms with Crippen LogP contribution in [0, 0.1) is 5.92 Å². The van der Waals surface area contributed by atoms with Gasteiger partial charge in [0.15, 0.2) is 5.58 Å². The highest BCUT2D eigenvalue weighted by molar-refractivity contribution is 6.00. The van der Waals surface area contributed by atoms with Gasteiger partial charge in [-0.3, -0.25) is 0 Å². The Morgan fingerprint density at radius 1 is 0.519 bits per heavy atom. The summed E-state index contributed by atoms with van der Waals surface area (Å²) >= 11 is 0. The lowest BCUT2D eigenvalue weighted by molar-refractivity contribution is 0.602. The number of oxazole rings is 1. The van der Waals surface area contributed by atoms with Crippen LogP contribution in [-0.4, -0.2) is 4.98 Å². The van der Waals surface area contributed by atoms with Gasteiger partial charge >= 0.3 is 0 Å². The molecule has 0 N–H and O–H groups in total. The van der Waals surface area contributed by atoms with Crippen LogP contribution in [0.5, 0.6) is 0 Å². The van der Waals surface area contributed by atoms with Gasteiger partial charge in [-0.2, -0.15) is 0 Å². The molecule has 4 aliphatic rings. The summed E-state index contributed by atoms with van der Waals surface area (Å²) < 4.78 is 6.53. The Morgan fingerprint density at radius 3 is 2.02 bits per heavy atom. The lowest BCUT2D eigenvalue weighted by atomic mass is 9.69. The number of hydrogen-bond donors (Lipinski definition) is 0. The number of nitrogens with zero attached hydrogens (tertiary/aromatic N) is 1. The van der Waals surface area contributed by atoms with Crippen molar-refractivity contribution in [3.63, 3.8) is 0 Å². The minimum Gasteiger partial charge on any atom is -0.436 e. The zero-order chi connectivity index (χ0) is 34.0. The molecular formula is C50H31NO. The average molecular weight is 662 g/mol. The van der Waals surface area contributed by atoms with Crippen molar-refractivity contribution in [2.75, 3.05) is 0 Å². The van der Waals surface area contributed by atoms with Crippen LogP contribution in [0.3, 0.4) is 0 Å². The van der Waals surface area contributed by atoms with Gasteiger partial charge in [-0.25, -0.2) is 4.98 Å². The molecule has 0 amide bonds. The van der Waals surface area contributed by atoms with E-state index in [-0.39, 0.29) is 11.8 Å². The monoisotopic (exact) mass is 661 g/mol. The molecular weight excluding hydrogens is 631 g/mol. The van der Waals surface area contributed by atoms with Crippen LogP contribution in [0.4, 0.5) is 0 Å². The van der Waals surface area contributed by atoms with Crippen LogP contribution in [0.25, 0.3) is 67.2 Å². The fourth-order valence-electron chi connectivity index (χ4n) is 9.80. The highest BCUT2D eigenvalue weighted by atomic mass is 16.3.